The Hall–Kier alpha value is -1.99. The summed E-state index contributed by atoms with van der Waals surface area (Å²) in [5.41, 5.74) is 1.01. The second kappa shape index (κ2) is 11.4. The molecule has 2 saturated heterocycles. The maximum absolute atomic E-state index is 5.98. The van der Waals surface area contributed by atoms with Gasteiger partial charge in [0.2, 0.25) is 5.88 Å². The van der Waals surface area contributed by atoms with Gasteiger partial charge in [0.15, 0.2) is 0 Å². The molecule has 0 saturated carbocycles. The summed E-state index contributed by atoms with van der Waals surface area (Å²) in [7, 11) is 0. The second-order valence-electron chi connectivity index (χ2n) is 7.19. The Morgan fingerprint density at radius 1 is 0.967 bits per heavy atom. The van der Waals surface area contributed by atoms with E-state index in [4.69, 9.17) is 21.1 Å². The lowest BCUT2D eigenvalue weighted by Gasteiger charge is -2.23. The molecule has 0 spiro atoms. The molecule has 2 aromatic heterocycles. The Morgan fingerprint density at radius 3 is 2.53 bits per heavy atom. The first-order valence-corrected chi connectivity index (χ1v) is 10.4. The van der Waals surface area contributed by atoms with Crippen LogP contribution in [0.15, 0.2) is 48.9 Å². The highest BCUT2D eigenvalue weighted by molar-refractivity contribution is 6.34. The molecule has 0 unspecified atom stereocenters. The molecular weight excluding hydrogens is 423 g/mol. The van der Waals surface area contributed by atoms with Crippen molar-refractivity contribution in [3.8, 4) is 5.88 Å². The molecule has 2 aliphatic rings. The standard InChI is InChI=1S/C13H19N3O2.C9H6ClN.ClH/c1-4-14-9-11(1)18-13-12(15-5-6-16-13)10-2-7-17-8-3-10;10-9-8-4-2-1-3-7(8)5-6-11-9;/h5-6,10-11,14H,1-4,7-9H2;1-6H;1H/t11-;;/m0../s1. The molecule has 160 valence electrons. The summed E-state index contributed by atoms with van der Waals surface area (Å²) < 4.78 is 11.4. The van der Waals surface area contributed by atoms with Crippen LogP contribution in [-0.2, 0) is 4.74 Å². The van der Waals surface area contributed by atoms with Gasteiger partial charge in [-0.1, -0.05) is 35.9 Å². The molecule has 30 heavy (non-hydrogen) atoms. The topological polar surface area (TPSA) is 69.2 Å². The monoisotopic (exact) mass is 448 g/mol. The van der Waals surface area contributed by atoms with Gasteiger partial charge < -0.3 is 14.8 Å². The lowest BCUT2D eigenvalue weighted by atomic mass is 9.96. The molecule has 0 aliphatic carbocycles. The van der Waals surface area contributed by atoms with Crippen LogP contribution < -0.4 is 10.1 Å². The van der Waals surface area contributed by atoms with Crippen molar-refractivity contribution in [1.82, 2.24) is 20.3 Å². The molecule has 2 aliphatic heterocycles. The van der Waals surface area contributed by atoms with Crippen LogP contribution in [0, 0.1) is 0 Å². The van der Waals surface area contributed by atoms with Crippen LogP contribution in [0.25, 0.3) is 10.8 Å². The SMILES string of the molecule is Cl.Clc1nccc2ccccc12.c1cnc(C2CCOCC2)c(O[C@H]2CCNC2)n1. The van der Waals surface area contributed by atoms with Crippen molar-refractivity contribution in [2.24, 2.45) is 0 Å². The summed E-state index contributed by atoms with van der Waals surface area (Å²) in [6, 6.07) is 9.86. The van der Waals surface area contributed by atoms with Gasteiger partial charge in [-0.2, -0.15) is 0 Å². The quantitative estimate of drug-likeness (QED) is 0.597. The van der Waals surface area contributed by atoms with Crippen LogP contribution in [-0.4, -0.2) is 47.4 Å². The summed E-state index contributed by atoms with van der Waals surface area (Å²) in [4.78, 5) is 12.8. The van der Waals surface area contributed by atoms with E-state index in [2.05, 4.69) is 20.3 Å². The summed E-state index contributed by atoms with van der Waals surface area (Å²) >= 11 is 5.85. The third-order valence-corrected chi connectivity index (χ3v) is 5.52. The van der Waals surface area contributed by atoms with Gasteiger partial charge in [-0.05, 0) is 37.3 Å². The van der Waals surface area contributed by atoms with E-state index >= 15 is 0 Å². The van der Waals surface area contributed by atoms with Crippen LogP contribution in [0.1, 0.15) is 30.9 Å². The minimum Gasteiger partial charge on any atom is -0.472 e. The number of nitrogens with zero attached hydrogens (tertiary/aromatic N) is 3. The minimum absolute atomic E-state index is 0. The maximum atomic E-state index is 5.98. The van der Waals surface area contributed by atoms with Crippen LogP contribution in [0.3, 0.4) is 0 Å². The highest BCUT2D eigenvalue weighted by atomic mass is 35.5. The molecule has 2 fully saturated rings. The zero-order valence-electron chi connectivity index (χ0n) is 16.7. The number of halogens is 2. The third kappa shape index (κ3) is 5.79. The van der Waals surface area contributed by atoms with Crippen LogP contribution in [0.5, 0.6) is 5.88 Å². The third-order valence-electron chi connectivity index (χ3n) is 5.22. The van der Waals surface area contributed by atoms with Gasteiger partial charge in [-0.25, -0.2) is 9.97 Å². The van der Waals surface area contributed by atoms with Gasteiger partial charge in [0.05, 0.1) is 0 Å². The van der Waals surface area contributed by atoms with E-state index in [0.717, 1.165) is 67.9 Å². The van der Waals surface area contributed by atoms with E-state index in [1.807, 2.05) is 30.3 Å². The minimum atomic E-state index is 0. The van der Waals surface area contributed by atoms with Crippen LogP contribution >= 0.6 is 24.0 Å². The number of nitrogens with one attached hydrogen (secondary N) is 1. The number of aromatic nitrogens is 3. The molecule has 1 N–H and O–H groups in total. The molecule has 1 atom stereocenters. The Labute approximate surface area is 187 Å². The lowest BCUT2D eigenvalue weighted by Crippen LogP contribution is -2.22. The summed E-state index contributed by atoms with van der Waals surface area (Å²) in [5, 5.41) is 6.01. The maximum Gasteiger partial charge on any atom is 0.236 e. The molecule has 0 amide bonds. The average molecular weight is 449 g/mol. The largest absolute Gasteiger partial charge is 0.472 e. The molecule has 6 nitrogen and oxygen atoms in total. The summed E-state index contributed by atoms with van der Waals surface area (Å²) in [6.45, 7) is 3.55. The Bertz CT molecular complexity index is 926. The fourth-order valence-corrected chi connectivity index (χ4v) is 3.88. The number of rotatable bonds is 3. The molecule has 0 bridgehead atoms. The first kappa shape index (κ1) is 22.7. The van der Waals surface area contributed by atoms with Gasteiger partial charge in [0.1, 0.15) is 17.0 Å². The smallest absolute Gasteiger partial charge is 0.236 e. The fraction of sp³-hybridized carbons (Fsp3) is 0.409. The second-order valence-corrected chi connectivity index (χ2v) is 7.55. The van der Waals surface area contributed by atoms with Crippen molar-refractivity contribution in [2.75, 3.05) is 26.3 Å². The number of hydrogen-bond acceptors (Lipinski definition) is 6. The first-order valence-electron chi connectivity index (χ1n) is 10.1. The van der Waals surface area contributed by atoms with E-state index < -0.39 is 0 Å². The van der Waals surface area contributed by atoms with Gasteiger partial charge in [-0.15, -0.1) is 12.4 Å². The molecule has 3 aromatic rings. The van der Waals surface area contributed by atoms with Gasteiger partial charge in [-0.3, -0.25) is 4.98 Å². The molecule has 0 radical (unpaired) electrons. The molecule has 8 heteroatoms. The van der Waals surface area contributed by atoms with Crippen molar-refractivity contribution >= 4 is 34.8 Å². The predicted molar refractivity (Wildman–Crippen MR) is 121 cm³/mol. The van der Waals surface area contributed by atoms with E-state index in [1.165, 1.54) is 0 Å². The number of pyridine rings is 1. The van der Waals surface area contributed by atoms with E-state index in [-0.39, 0.29) is 18.5 Å². The normalized spacial score (nSPS) is 18.9. The van der Waals surface area contributed by atoms with E-state index in [1.54, 1.807) is 18.6 Å². The first-order chi connectivity index (χ1) is 14.3. The van der Waals surface area contributed by atoms with Crippen LogP contribution in [0.2, 0.25) is 5.15 Å². The van der Waals surface area contributed by atoms with Crippen LogP contribution in [0.4, 0.5) is 0 Å². The Balaban J connectivity index is 0.000000184. The van der Waals surface area contributed by atoms with Crippen molar-refractivity contribution in [2.45, 2.75) is 31.3 Å². The summed E-state index contributed by atoms with van der Waals surface area (Å²) in [5.74, 6) is 1.15. The van der Waals surface area contributed by atoms with Crippen molar-refractivity contribution in [1.29, 1.82) is 0 Å². The number of fused-ring (bicyclic) bond motifs is 1. The number of benzene rings is 1. The number of ether oxygens (including phenoxy) is 2. The lowest BCUT2D eigenvalue weighted by molar-refractivity contribution is 0.0829. The molecular formula is C22H26Cl2N4O2. The zero-order valence-corrected chi connectivity index (χ0v) is 18.2. The Kier molecular flexibility index (Phi) is 8.63. The predicted octanol–water partition coefficient (Wildman–Crippen LogP) is 4.42. The van der Waals surface area contributed by atoms with Crippen molar-refractivity contribution < 1.29 is 9.47 Å². The van der Waals surface area contributed by atoms with Gasteiger partial charge in [0, 0.05) is 49.7 Å². The fourth-order valence-electron chi connectivity index (χ4n) is 3.65. The van der Waals surface area contributed by atoms with Gasteiger partial charge in [0.25, 0.3) is 0 Å². The van der Waals surface area contributed by atoms with Crippen molar-refractivity contribution in [3.05, 3.63) is 59.8 Å². The molecule has 1 aromatic carbocycles. The summed E-state index contributed by atoms with van der Waals surface area (Å²) in [6.07, 6.45) is 8.48. The van der Waals surface area contributed by atoms with Crippen molar-refractivity contribution in [3.63, 3.8) is 0 Å². The molecule has 5 rings (SSSR count). The number of hydrogen-bond donors (Lipinski definition) is 1. The molecule has 4 heterocycles. The highest BCUT2D eigenvalue weighted by Crippen LogP contribution is 2.31. The average Bonchev–Trinajstić information content (AvgIpc) is 3.29. The Morgan fingerprint density at radius 2 is 1.77 bits per heavy atom. The van der Waals surface area contributed by atoms with Gasteiger partial charge >= 0.3 is 0 Å². The van der Waals surface area contributed by atoms with E-state index in [9.17, 15) is 0 Å². The van der Waals surface area contributed by atoms with E-state index in [0.29, 0.717) is 11.1 Å². The zero-order chi connectivity index (χ0) is 19.9. The highest BCUT2D eigenvalue weighted by Gasteiger charge is 2.24.